The fraction of sp³-hybridized carbons (Fsp3) is 0.158. The van der Waals surface area contributed by atoms with Crippen molar-refractivity contribution in [2.75, 3.05) is 0 Å². The lowest BCUT2D eigenvalue weighted by atomic mass is 10.2. The van der Waals surface area contributed by atoms with Gasteiger partial charge in [0.15, 0.2) is 11.4 Å². The zero-order chi connectivity index (χ0) is 18.8. The molecule has 0 aliphatic rings. The number of amides is 1. The summed E-state index contributed by atoms with van der Waals surface area (Å²) in [4.78, 5) is 21.8. The fourth-order valence-corrected chi connectivity index (χ4v) is 3.66. The molecule has 0 unspecified atom stereocenters. The molecule has 2 aromatic heterocycles. The average Bonchev–Trinajstić information content (AvgIpc) is 3.24. The molecule has 0 atom stereocenters. The van der Waals surface area contributed by atoms with Crippen molar-refractivity contribution in [3.05, 3.63) is 70.6 Å². The lowest BCUT2D eigenvalue weighted by molar-refractivity contribution is 0.0993. The molecule has 4 rings (SSSR count). The molecule has 2 aromatic carbocycles. The van der Waals surface area contributed by atoms with Gasteiger partial charge in [-0.3, -0.25) is 4.79 Å². The van der Waals surface area contributed by atoms with Gasteiger partial charge in [-0.1, -0.05) is 40.8 Å². The number of ether oxygens (including phenoxy) is 1. The molecule has 2 heterocycles. The number of benzene rings is 2. The monoisotopic (exact) mass is 380 g/mol. The first-order valence-corrected chi connectivity index (χ1v) is 9.08. The average molecular weight is 380 g/mol. The van der Waals surface area contributed by atoms with E-state index < -0.39 is 0 Å². The summed E-state index contributed by atoms with van der Waals surface area (Å²) < 4.78 is 13.6. The van der Waals surface area contributed by atoms with Gasteiger partial charge in [0.05, 0.1) is 15.8 Å². The SMILES string of the molecule is Cc1nc(COc2ccccc2C(=O)N=c2sc3ccccc3n2C)no1. The van der Waals surface area contributed by atoms with E-state index >= 15 is 0 Å². The van der Waals surface area contributed by atoms with Crippen molar-refractivity contribution in [3.8, 4) is 5.75 Å². The van der Waals surface area contributed by atoms with Gasteiger partial charge in [-0.25, -0.2) is 0 Å². The molecule has 0 spiro atoms. The Morgan fingerprint density at radius 1 is 1.22 bits per heavy atom. The van der Waals surface area contributed by atoms with E-state index in [2.05, 4.69) is 15.1 Å². The molecule has 4 aromatic rings. The zero-order valence-electron chi connectivity index (χ0n) is 14.7. The maximum Gasteiger partial charge on any atom is 0.283 e. The van der Waals surface area contributed by atoms with Gasteiger partial charge in [0, 0.05) is 14.0 Å². The van der Waals surface area contributed by atoms with Crippen molar-refractivity contribution < 1.29 is 14.1 Å². The van der Waals surface area contributed by atoms with Crippen molar-refractivity contribution in [2.45, 2.75) is 13.5 Å². The van der Waals surface area contributed by atoms with E-state index in [4.69, 9.17) is 9.26 Å². The number of fused-ring (bicyclic) bond motifs is 1. The number of nitrogens with zero attached hydrogens (tertiary/aromatic N) is 4. The fourth-order valence-electron chi connectivity index (χ4n) is 2.65. The highest BCUT2D eigenvalue weighted by molar-refractivity contribution is 7.16. The van der Waals surface area contributed by atoms with Crippen LogP contribution in [-0.2, 0) is 13.7 Å². The second kappa shape index (κ2) is 7.16. The van der Waals surface area contributed by atoms with Crippen LogP contribution in [0, 0.1) is 6.92 Å². The molecule has 0 bridgehead atoms. The number of aryl methyl sites for hydroxylation is 2. The van der Waals surface area contributed by atoms with Crippen molar-refractivity contribution >= 4 is 27.5 Å². The number of thiazole rings is 1. The Morgan fingerprint density at radius 2 is 2.00 bits per heavy atom. The van der Waals surface area contributed by atoms with E-state index in [9.17, 15) is 4.79 Å². The smallest absolute Gasteiger partial charge is 0.283 e. The van der Waals surface area contributed by atoms with Crippen LogP contribution in [0.3, 0.4) is 0 Å². The number of para-hydroxylation sites is 2. The molecule has 1 amide bonds. The topological polar surface area (TPSA) is 82.5 Å². The van der Waals surface area contributed by atoms with Gasteiger partial charge in [-0.05, 0) is 24.3 Å². The number of hydrogen-bond acceptors (Lipinski definition) is 6. The van der Waals surface area contributed by atoms with Gasteiger partial charge in [-0.15, -0.1) is 0 Å². The minimum Gasteiger partial charge on any atom is -0.485 e. The van der Waals surface area contributed by atoms with Gasteiger partial charge < -0.3 is 13.8 Å². The van der Waals surface area contributed by atoms with E-state index in [0.717, 1.165) is 10.2 Å². The van der Waals surface area contributed by atoms with Crippen LogP contribution in [-0.4, -0.2) is 20.6 Å². The third-order valence-corrected chi connectivity index (χ3v) is 5.07. The Morgan fingerprint density at radius 3 is 2.78 bits per heavy atom. The van der Waals surface area contributed by atoms with E-state index in [1.807, 2.05) is 35.9 Å². The highest BCUT2D eigenvalue weighted by atomic mass is 32.1. The Kier molecular flexibility index (Phi) is 4.55. The second-order valence-electron chi connectivity index (χ2n) is 5.84. The third kappa shape index (κ3) is 3.52. The maximum absolute atomic E-state index is 12.8. The lowest BCUT2D eigenvalue weighted by Crippen LogP contribution is -2.14. The predicted molar refractivity (Wildman–Crippen MR) is 100 cm³/mol. The van der Waals surface area contributed by atoms with Crippen LogP contribution >= 0.6 is 11.3 Å². The molecule has 0 aliphatic heterocycles. The minimum atomic E-state index is -0.364. The second-order valence-corrected chi connectivity index (χ2v) is 6.85. The Labute approximate surface area is 158 Å². The molecule has 8 heteroatoms. The molecule has 0 radical (unpaired) electrons. The van der Waals surface area contributed by atoms with Crippen LogP contribution in [0.1, 0.15) is 22.1 Å². The number of carbonyl (C=O) groups is 1. The predicted octanol–water partition coefficient (Wildman–Crippen LogP) is 3.25. The molecule has 136 valence electrons. The van der Waals surface area contributed by atoms with Crippen LogP contribution in [0.15, 0.2) is 58.0 Å². The van der Waals surface area contributed by atoms with Crippen molar-refractivity contribution in [2.24, 2.45) is 12.0 Å². The largest absolute Gasteiger partial charge is 0.485 e. The van der Waals surface area contributed by atoms with Crippen molar-refractivity contribution in [1.29, 1.82) is 0 Å². The maximum atomic E-state index is 12.8. The van der Waals surface area contributed by atoms with E-state index in [-0.39, 0.29) is 12.5 Å². The molecule has 0 N–H and O–H groups in total. The number of hydrogen-bond donors (Lipinski definition) is 0. The highest BCUT2D eigenvalue weighted by Gasteiger charge is 2.13. The van der Waals surface area contributed by atoms with Gasteiger partial charge in [0.25, 0.3) is 5.91 Å². The Hall–Kier alpha value is -3.26. The summed E-state index contributed by atoms with van der Waals surface area (Å²) in [5.41, 5.74) is 1.42. The number of aromatic nitrogens is 3. The standard InChI is InChI=1S/C19H16N4O3S/c1-12-20-17(22-26-12)11-25-15-9-5-3-7-13(15)18(24)21-19-23(2)14-8-4-6-10-16(14)27-19/h3-10H,11H2,1-2H3. The molecule has 27 heavy (non-hydrogen) atoms. The number of carbonyl (C=O) groups excluding carboxylic acids is 1. The van der Waals surface area contributed by atoms with Crippen molar-refractivity contribution in [3.63, 3.8) is 0 Å². The summed E-state index contributed by atoms with van der Waals surface area (Å²) in [5.74, 6) is 0.947. The van der Waals surface area contributed by atoms with E-state index in [0.29, 0.717) is 27.8 Å². The lowest BCUT2D eigenvalue weighted by Gasteiger charge is -2.07. The zero-order valence-corrected chi connectivity index (χ0v) is 15.6. The van der Waals surface area contributed by atoms with Gasteiger partial charge in [0.1, 0.15) is 5.75 Å². The first-order chi connectivity index (χ1) is 13.1. The van der Waals surface area contributed by atoms with E-state index in [1.165, 1.54) is 11.3 Å². The minimum absolute atomic E-state index is 0.109. The normalized spacial score (nSPS) is 11.9. The van der Waals surface area contributed by atoms with Crippen molar-refractivity contribution in [1.82, 2.24) is 14.7 Å². The Bertz CT molecular complexity index is 1190. The summed E-state index contributed by atoms with van der Waals surface area (Å²) in [6, 6.07) is 14.9. The van der Waals surface area contributed by atoms with Gasteiger partial charge in [0.2, 0.25) is 11.7 Å². The molecule has 0 fully saturated rings. The highest BCUT2D eigenvalue weighted by Crippen LogP contribution is 2.20. The molecule has 7 nitrogen and oxygen atoms in total. The van der Waals surface area contributed by atoms with Crippen LogP contribution in [0.2, 0.25) is 0 Å². The summed E-state index contributed by atoms with van der Waals surface area (Å²) in [6.07, 6.45) is 0. The van der Waals surface area contributed by atoms with Crippen LogP contribution in [0.25, 0.3) is 10.2 Å². The molecule has 0 aliphatic carbocycles. The summed E-state index contributed by atoms with van der Waals surface area (Å²) in [7, 11) is 1.89. The quantitative estimate of drug-likeness (QED) is 0.543. The third-order valence-electron chi connectivity index (χ3n) is 3.96. The van der Waals surface area contributed by atoms with E-state index in [1.54, 1.807) is 31.2 Å². The molecule has 0 saturated carbocycles. The summed E-state index contributed by atoms with van der Waals surface area (Å²) in [5, 5.41) is 3.79. The first kappa shape index (κ1) is 17.2. The summed E-state index contributed by atoms with van der Waals surface area (Å²) in [6.45, 7) is 1.82. The van der Waals surface area contributed by atoms with Crippen LogP contribution < -0.4 is 9.54 Å². The Balaban J connectivity index is 1.64. The van der Waals surface area contributed by atoms with Gasteiger partial charge in [-0.2, -0.15) is 9.98 Å². The molecular weight excluding hydrogens is 364 g/mol. The van der Waals surface area contributed by atoms with Gasteiger partial charge >= 0.3 is 0 Å². The van der Waals surface area contributed by atoms with Crippen LogP contribution in [0.5, 0.6) is 5.75 Å². The molecule has 0 saturated heterocycles. The number of rotatable bonds is 4. The summed E-state index contributed by atoms with van der Waals surface area (Å²) >= 11 is 1.47. The first-order valence-electron chi connectivity index (χ1n) is 8.26. The molecular formula is C19H16N4O3S. The van der Waals surface area contributed by atoms with Crippen LogP contribution in [0.4, 0.5) is 0 Å².